The first-order chi connectivity index (χ1) is 13.6. The van der Waals surface area contributed by atoms with Crippen LogP contribution in [-0.4, -0.2) is 42.8 Å². The van der Waals surface area contributed by atoms with Crippen molar-refractivity contribution in [2.24, 2.45) is 5.92 Å². The summed E-state index contributed by atoms with van der Waals surface area (Å²) in [5.74, 6) is 2.11. The van der Waals surface area contributed by atoms with Crippen LogP contribution in [0.15, 0.2) is 42.5 Å². The van der Waals surface area contributed by atoms with E-state index in [2.05, 4.69) is 46.9 Å². The molecule has 5 heteroatoms. The third-order valence-electron chi connectivity index (χ3n) is 6.23. The number of hydrogen-bond acceptors (Lipinski definition) is 5. The van der Waals surface area contributed by atoms with Gasteiger partial charge in [0.2, 0.25) is 0 Å². The lowest BCUT2D eigenvalue weighted by Crippen LogP contribution is -2.46. The van der Waals surface area contributed by atoms with Gasteiger partial charge in [-0.05, 0) is 43.9 Å². The Morgan fingerprint density at radius 2 is 2.11 bits per heavy atom. The number of aryl methyl sites for hydroxylation is 1. The average molecular weight is 382 g/mol. The van der Waals surface area contributed by atoms with Gasteiger partial charge in [0.1, 0.15) is 11.5 Å². The molecule has 2 fully saturated rings. The molecule has 2 heterocycles. The summed E-state index contributed by atoms with van der Waals surface area (Å²) in [6.07, 6.45) is 2.44. The molecule has 2 aromatic carbocycles. The Hall–Kier alpha value is -2.08. The standard InChI is InChI=1S/C23H31N3O2/c1-16-5-3-6-17(11-16)21-13-24-25-23(21)19-7-4-10-26(15-19)14-18-8-9-20(28-2)12-22(18)27/h3,5-6,8-9,11-12,19,21,23-25,27H,4,7,10,13-15H2,1-2H3. The summed E-state index contributed by atoms with van der Waals surface area (Å²) in [4.78, 5) is 2.48. The van der Waals surface area contributed by atoms with Gasteiger partial charge < -0.3 is 9.84 Å². The molecule has 4 rings (SSSR count). The monoisotopic (exact) mass is 381 g/mol. The van der Waals surface area contributed by atoms with E-state index in [0.717, 1.165) is 31.7 Å². The van der Waals surface area contributed by atoms with E-state index < -0.39 is 0 Å². The molecule has 3 atom stereocenters. The number of ether oxygens (including phenoxy) is 1. The molecule has 0 bridgehead atoms. The average Bonchev–Trinajstić information content (AvgIpc) is 3.20. The molecule has 5 nitrogen and oxygen atoms in total. The van der Waals surface area contributed by atoms with Crippen LogP contribution in [0, 0.1) is 12.8 Å². The maximum absolute atomic E-state index is 10.3. The van der Waals surface area contributed by atoms with E-state index >= 15 is 0 Å². The van der Waals surface area contributed by atoms with Crippen LogP contribution in [0.5, 0.6) is 11.5 Å². The first kappa shape index (κ1) is 19.2. The Morgan fingerprint density at radius 3 is 2.89 bits per heavy atom. The molecule has 150 valence electrons. The minimum absolute atomic E-state index is 0.319. The summed E-state index contributed by atoms with van der Waals surface area (Å²) in [7, 11) is 1.62. The molecule has 2 aliphatic heterocycles. The fraction of sp³-hybridized carbons (Fsp3) is 0.478. The summed E-state index contributed by atoms with van der Waals surface area (Å²) < 4.78 is 5.20. The number of phenols is 1. The molecule has 0 radical (unpaired) electrons. The van der Waals surface area contributed by atoms with Crippen LogP contribution in [0.3, 0.4) is 0 Å². The van der Waals surface area contributed by atoms with Crippen molar-refractivity contribution in [3.05, 3.63) is 59.2 Å². The molecule has 2 aromatic rings. The molecule has 3 unspecified atom stereocenters. The molecular weight excluding hydrogens is 350 g/mol. The van der Waals surface area contributed by atoms with Crippen LogP contribution >= 0.6 is 0 Å². The quantitative estimate of drug-likeness (QED) is 0.743. The van der Waals surface area contributed by atoms with Crippen molar-refractivity contribution in [2.45, 2.75) is 38.3 Å². The van der Waals surface area contributed by atoms with E-state index in [1.807, 2.05) is 12.1 Å². The smallest absolute Gasteiger partial charge is 0.123 e. The molecule has 0 saturated carbocycles. The molecule has 2 saturated heterocycles. The van der Waals surface area contributed by atoms with Gasteiger partial charge in [-0.1, -0.05) is 35.9 Å². The number of aromatic hydroxyl groups is 1. The summed E-state index contributed by atoms with van der Waals surface area (Å²) in [5.41, 5.74) is 10.7. The van der Waals surface area contributed by atoms with Crippen LogP contribution < -0.4 is 15.6 Å². The van der Waals surface area contributed by atoms with Crippen molar-refractivity contribution < 1.29 is 9.84 Å². The van der Waals surface area contributed by atoms with E-state index in [0.29, 0.717) is 29.4 Å². The molecule has 0 spiro atoms. The number of hydrazine groups is 1. The second-order valence-electron chi connectivity index (χ2n) is 8.20. The number of benzene rings is 2. The van der Waals surface area contributed by atoms with Gasteiger partial charge in [-0.25, -0.2) is 0 Å². The Kier molecular flexibility index (Phi) is 5.85. The van der Waals surface area contributed by atoms with Crippen LogP contribution in [0.25, 0.3) is 0 Å². The van der Waals surface area contributed by atoms with Gasteiger partial charge in [-0.2, -0.15) is 0 Å². The third-order valence-corrected chi connectivity index (χ3v) is 6.23. The van der Waals surface area contributed by atoms with Gasteiger partial charge in [0.25, 0.3) is 0 Å². The van der Waals surface area contributed by atoms with Crippen LogP contribution in [0.1, 0.15) is 35.4 Å². The predicted octanol–water partition coefficient (Wildman–Crippen LogP) is 3.18. The van der Waals surface area contributed by atoms with Gasteiger partial charge in [0, 0.05) is 43.2 Å². The number of hydrogen-bond donors (Lipinski definition) is 3. The van der Waals surface area contributed by atoms with Gasteiger partial charge in [0.15, 0.2) is 0 Å². The number of piperidine rings is 1. The van der Waals surface area contributed by atoms with Crippen LogP contribution in [-0.2, 0) is 6.54 Å². The van der Waals surface area contributed by atoms with Crippen molar-refractivity contribution in [1.29, 1.82) is 0 Å². The fourth-order valence-electron chi connectivity index (χ4n) is 4.76. The van der Waals surface area contributed by atoms with Gasteiger partial charge >= 0.3 is 0 Å². The van der Waals surface area contributed by atoms with Gasteiger partial charge in [0.05, 0.1) is 7.11 Å². The maximum Gasteiger partial charge on any atom is 0.123 e. The normalized spacial score (nSPS) is 25.7. The zero-order valence-electron chi connectivity index (χ0n) is 16.8. The SMILES string of the molecule is COc1ccc(CN2CCCC(C3NNCC3c3cccc(C)c3)C2)c(O)c1. The third kappa shape index (κ3) is 4.17. The fourth-order valence-corrected chi connectivity index (χ4v) is 4.76. The number of nitrogens with one attached hydrogen (secondary N) is 2. The lowest BCUT2D eigenvalue weighted by Gasteiger charge is -2.37. The van der Waals surface area contributed by atoms with Crippen LogP contribution in [0.4, 0.5) is 0 Å². The van der Waals surface area contributed by atoms with Gasteiger partial charge in [-0.3, -0.25) is 15.8 Å². The molecule has 0 aliphatic carbocycles. The molecule has 3 N–H and O–H groups in total. The Labute approximate surface area is 167 Å². The minimum atomic E-state index is 0.319. The van der Waals surface area contributed by atoms with E-state index in [9.17, 15) is 5.11 Å². The number of nitrogens with zero attached hydrogens (tertiary/aromatic N) is 1. The Balaban J connectivity index is 1.44. The first-order valence-electron chi connectivity index (χ1n) is 10.3. The lowest BCUT2D eigenvalue weighted by molar-refractivity contribution is 0.138. The number of rotatable bonds is 5. The molecule has 2 aliphatic rings. The predicted molar refractivity (Wildman–Crippen MR) is 112 cm³/mol. The summed E-state index contributed by atoms with van der Waals surface area (Å²) >= 11 is 0. The number of likely N-dealkylation sites (tertiary alicyclic amines) is 1. The molecule has 0 amide bonds. The van der Waals surface area contributed by atoms with Crippen molar-refractivity contribution in [3.63, 3.8) is 0 Å². The number of phenolic OH excluding ortho intramolecular Hbond substituents is 1. The summed E-state index contributed by atoms with van der Waals surface area (Å²) in [5, 5.41) is 10.3. The van der Waals surface area contributed by atoms with Crippen molar-refractivity contribution in [1.82, 2.24) is 15.8 Å². The van der Waals surface area contributed by atoms with Crippen molar-refractivity contribution >= 4 is 0 Å². The first-order valence-corrected chi connectivity index (χ1v) is 10.3. The largest absolute Gasteiger partial charge is 0.507 e. The van der Waals surface area contributed by atoms with E-state index in [-0.39, 0.29) is 0 Å². The molecule has 0 aromatic heterocycles. The summed E-state index contributed by atoms with van der Waals surface area (Å²) in [6, 6.07) is 15.0. The summed E-state index contributed by atoms with van der Waals surface area (Å²) in [6.45, 7) is 6.05. The van der Waals surface area contributed by atoms with E-state index in [1.165, 1.54) is 24.0 Å². The highest BCUT2D eigenvalue weighted by Crippen LogP contribution is 2.33. The molecular formula is C23H31N3O2. The second kappa shape index (κ2) is 8.52. The lowest BCUT2D eigenvalue weighted by atomic mass is 9.81. The Bertz CT molecular complexity index is 810. The highest BCUT2D eigenvalue weighted by molar-refractivity contribution is 5.39. The van der Waals surface area contributed by atoms with Crippen molar-refractivity contribution in [2.75, 3.05) is 26.7 Å². The highest BCUT2D eigenvalue weighted by atomic mass is 16.5. The minimum Gasteiger partial charge on any atom is -0.507 e. The zero-order valence-corrected chi connectivity index (χ0v) is 16.8. The van der Waals surface area contributed by atoms with Gasteiger partial charge in [-0.15, -0.1) is 0 Å². The zero-order chi connectivity index (χ0) is 19.5. The maximum atomic E-state index is 10.3. The number of methoxy groups -OCH3 is 1. The topological polar surface area (TPSA) is 56.8 Å². The van der Waals surface area contributed by atoms with Crippen molar-refractivity contribution in [3.8, 4) is 11.5 Å². The van der Waals surface area contributed by atoms with E-state index in [4.69, 9.17) is 4.74 Å². The second-order valence-corrected chi connectivity index (χ2v) is 8.20. The van der Waals surface area contributed by atoms with E-state index in [1.54, 1.807) is 13.2 Å². The van der Waals surface area contributed by atoms with Crippen LogP contribution in [0.2, 0.25) is 0 Å². The highest BCUT2D eigenvalue weighted by Gasteiger charge is 2.36. The Morgan fingerprint density at radius 1 is 1.21 bits per heavy atom. The molecule has 28 heavy (non-hydrogen) atoms.